The van der Waals surface area contributed by atoms with Crippen LogP contribution in [0.4, 0.5) is 0 Å². The largest absolute Gasteiger partial charge is 0.493 e. The van der Waals surface area contributed by atoms with E-state index in [0.717, 1.165) is 42.7 Å². The fourth-order valence-corrected chi connectivity index (χ4v) is 5.07. The van der Waals surface area contributed by atoms with Gasteiger partial charge in [-0.1, -0.05) is 89.2 Å². The van der Waals surface area contributed by atoms with Crippen LogP contribution in [0.15, 0.2) is 60.7 Å². The van der Waals surface area contributed by atoms with Crippen LogP contribution in [0.1, 0.15) is 81.7 Å². The molecule has 3 aromatic carbocycles. The van der Waals surface area contributed by atoms with Gasteiger partial charge in [0.25, 0.3) is 0 Å². The number of carbonyl (C=O) groups is 1. The van der Waals surface area contributed by atoms with Gasteiger partial charge in [-0.25, -0.2) is 0 Å². The summed E-state index contributed by atoms with van der Waals surface area (Å²) in [7, 11) is 0. The normalized spacial score (nSPS) is 12.0. The molecule has 3 rings (SSSR count). The van der Waals surface area contributed by atoms with Gasteiger partial charge in [-0.15, -0.1) is 0 Å². The van der Waals surface area contributed by atoms with Gasteiger partial charge in [0.1, 0.15) is 5.75 Å². The third-order valence-electron chi connectivity index (χ3n) is 7.44. The van der Waals surface area contributed by atoms with Crippen molar-refractivity contribution in [2.75, 3.05) is 6.61 Å². The molecule has 3 heteroatoms. The molecule has 3 nitrogen and oxygen atoms in total. The standard InChI is InChI=1S/C33H42O3/c1-8-33(9-2,28-15-17-30(24(4)21-28)36-19-18-32(5,6)7)27-14-16-29(23(3)20-27)26-12-10-25(11-13-26)22-31(34)35/h10-17,20-21H,8-9,18-19,22H2,1-7H3,(H,34,35). The second kappa shape index (κ2) is 11.3. The highest BCUT2D eigenvalue weighted by atomic mass is 16.5. The Morgan fingerprint density at radius 1 is 0.833 bits per heavy atom. The zero-order valence-corrected chi connectivity index (χ0v) is 23.1. The van der Waals surface area contributed by atoms with Gasteiger partial charge in [0.05, 0.1) is 13.0 Å². The summed E-state index contributed by atoms with van der Waals surface area (Å²) in [4.78, 5) is 11.0. The number of ether oxygens (including phenoxy) is 1. The molecule has 0 saturated heterocycles. The average molecular weight is 487 g/mol. The van der Waals surface area contributed by atoms with Crippen molar-refractivity contribution < 1.29 is 14.6 Å². The van der Waals surface area contributed by atoms with Crippen LogP contribution in [0.3, 0.4) is 0 Å². The van der Waals surface area contributed by atoms with Crippen molar-refractivity contribution in [3.63, 3.8) is 0 Å². The van der Waals surface area contributed by atoms with E-state index in [1.807, 2.05) is 24.3 Å². The third kappa shape index (κ3) is 6.37. The van der Waals surface area contributed by atoms with Crippen LogP contribution in [0, 0.1) is 19.3 Å². The number of hydrogen-bond donors (Lipinski definition) is 1. The Kier molecular flexibility index (Phi) is 8.66. The molecule has 192 valence electrons. The van der Waals surface area contributed by atoms with Crippen LogP contribution in [-0.2, 0) is 16.6 Å². The Bertz CT molecular complexity index is 1180. The van der Waals surface area contributed by atoms with Crippen LogP contribution in [0.2, 0.25) is 0 Å². The molecule has 0 atom stereocenters. The number of hydrogen-bond acceptors (Lipinski definition) is 2. The monoisotopic (exact) mass is 486 g/mol. The van der Waals surface area contributed by atoms with Crippen LogP contribution in [0.25, 0.3) is 11.1 Å². The molecule has 0 fully saturated rings. The third-order valence-corrected chi connectivity index (χ3v) is 7.44. The van der Waals surface area contributed by atoms with Gasteiger partial charge in [-0.3, -0.25) is 4.79 Å². The Balaban J connectivity index is 1.90. The van der Waals surface area contributed by atoms with E-state index in [4.69, 9.17) is 9.84 Å². The van der Waals surface area contributed by atoms with Gasteiger partial charge in [-0.05, 0) is 83.5 Å². The molecular weight excluding hydrogens is 444 g/mol. The molecule has 0 aliphatic rings. The summed E-state index contributed by atoms with van der Waals surface area (Å²) < 4.78 is 6.13. The van der Waals surface area contributed by atoms with Crippen molar-refractivity contribution in [3.05, 3.63) is 88.5 Å². The lowest BCUT2D eigenvalue weighted by Gasteiger charge is -2.34. The lowest BCUT2D eigenvalue weighted by Crippen LogP contribution is -2.26. The second-order valence-corrected chi connectivity index (χ2v) is 11.2. The molecule has 0 amide bonds. The van der Waals surface area contributed by atoms with Crippen LogP contribution < -0.4 is 4.74 Å². The molecule has 0 heterocycles. The molecule has 0 saturated carbocycles. The average Bonchev–Trinajstić information content (AvgIpc) is 2.81. The highest BCUT2D eigenvalue weighted by molar-refractivity contribution is 5.72. The maximum absolute atomic E-state index is 11.0. The predicted molar refractivity (Wildman–Crippen MR) is 150 cm³/mol. The summed E-state index contributed by atoms with van der Waals surface area (Å²) in [6.45, 7) is 16.3. The highest BCUT2D eigenvalue weighted by Gasteiger charge is 2.31. The van der Waals surface area contributed by atoms with Gasteiger partial charge in [0, 0.05) is 5.41 Å². The lowest BCUT2D eigenvalue weighted by molar-refractivity contribution is -0.136. The Hall–Kier alpha value is -3.07. The molecule has 3 aromatic rings. The quantitative estimate of drug-likeness (QED) is 0.312. The summed E-state index contributed by atoms with van der Waals surface area (Å²) in [6.07, 6.45) is 3.09. The SMILES string of the molecule is CCC(CC)(c1ccc(OCCC(C)(C)C)c(C)c1)c1ccc(-c2ccc(CC(=O)O)cc2)c(C)c1. The number of aliphatic carboxylic acids is 1. The van der Waals surface area contributed by atoms with Crippen molar-refractivity contribution in [2.24, 2.45) is 5.41 Å². The molecule has 0 spiro atoms. The number of carboxylic acid groups (broad SMARTS) is 1. The molecule has 0 radical (unpaired) electrons. The van der Waals surface area contributed by atoms with E-state index in [1.165, 1.54) is 27.8 Å². The van der Waals surface area contributed by atoms with Gasteiger partial charge in [0.15, 0.2) is 0 Å². The van der Waals surface area contributed by atoms with E-state index in [2.05, 4.69) is 84.9 Å². The van der Waals surface area contributed by atoms with E-state index in [1.54, 1.807) is 0 Å². The minimum atomic E-state index is -0.807. The van der Waals surface area contributed by atoms with Crippen LogP contribution in [-0.4, -0.2) is 17.7 Å². The summed E-state index contributed by atoms with van der Waals surface area (Å²) in [5.74, 6) is 0.167. The first kappa shape index (κ1) is 27.5. The lowest BCUT2D eigenvalue weighted by atomic mass is 9.69. The Morgan fingerprint density at radius 3 is 1.92 bits per heavy atom. The smallest absolute Gasteiger partial charge is 0.307 e. The summed E-state index contributed by atoms with van der Waals surface area (Å²) >= 11 is 0. The topological polar surface area (TPSA) is 46.5 Å². The number of benzene rings is 3. The first-order chi connectivity index (χ1) is 17.0. The van der Waals surface area contributed by atoms with Gasteiger partial charge >= 0.3 is 5.97 Å². The first-order valence-corrected chi connectivity index (χ1v) is 13.1. The van der Waals surface area contributed by atoms with Crippen LogP contribution in [0.5, 0.6) is 5.75 Å². The maximum atomic E-state index is 11.0. The summed E-state index contributed by atoms with van der Waals surface area (Å²) in [6, 6.07) is 21.4. The minimum absolute atomic E-state index is 0.0492. The van der Waals surface area contributed by atoms with Crippen molar-refractivity contribution in [1.29, 1.82) is 0 Å². The minimum Gasteiger partial charge on any atom is -0.493 e. The first-order valence-electron chi connectivity index (χ1n) is 13.1. The Morgan fingerprint density at radius 2 is 1.42 bits per heavy atom. The molecule has 0 bridgehead atoms. The molecule has 0 unspecified atom stereocenters. The zero-order valence-electron chi connectivity index (χ0n) is 23.1. The van der Waals surface area contributed by atoms with E-state index in [9.17, 15) is 4.79 Å². The van der Waals surface area contributed by atoms with Crippen molar-refractivity contribution in [1.82, 2.24) is 0 Å². The second-order valence-electron chi connectivity index (χ2n) is 11.2. The van der Waals surface area contributed by atoms with E-state index in [0.29, 0.717) is 0 Å². The summed E-state index contributed by atoms with van der Waals surface area (Å²) in [5, 5.41) is 9.04. The maximum Gasteiger partial charge on any atom is 0.307 e. The van der Waals surface area contributed by atoms with E-state index >= 15 is 0 Å². The molecule has 0 aromatic heterocycles. The molecule has 36 heavy (non-hydrogen) atoms. The van der Waals surface area contributed by atoms with Gasteiger partial charge in [-0.2, -0.15) is 0 Å². The number of aryl methyl sites for hydroxylation is 2. The van der Waals surface area contributed by atoms with E-state index in [-0.39, 0.29) is 17.3 Å². The molecule has 0 aliphatic carbocycles. The van der Waals surface area contributed by atoms with Crippen molar-refractivity contribution >= 4 is 5.97 Å². The van der Waals surface area contributed by atoms with E-state index < -0.39 is 5.97 Å². The van der Waals surface area contributed by atoms with Crippen molar-refractivity contribution in [3.8, 4) is 16.9 Å². The summed E-state index contributed by atoms with van der Waals surface area (Å²) in [5.41, 5.74) is 8.38. The zero-order chi connectivity index (χ0) is 26.5. The molecule has 0 aliphatic heterocycles. The fourth-order valence-electron chi connectivity index (χ4n) is 5.07. The Labute approximate surface area is 217 Å². The van der Waals surface area contributed by atoms with Gasteiger partial charge < -0.3 is 9.84 Å². The predicted octanol–water partition coefficient (Wildman–Crippen LogP) is 8.52. The highest BCUT2D eigenvalue weighted by Crippen LogP contribution is 2.41. The van der Waals surface area contributed by atoms with Crippen LogP contribution >= 0.6 is 0 Å². The molecular formula is C33H42O3. The van der Waals surface area contributed by atoms with Crippen molar-refractivity contribution in [2.45, 2.75) is 79.6 Å². The number of carboxylic acids is 1. The number of rotatable bonds is 10. The van der Waals surface area contributed by atoms with Gasteiger partial charge in [0.2, 0.25) is 0 Å². The fraction of sp³-hybridized carbons (Fsp3) is 0.424. The molecule has 1 N–H and O–H groups in total.